The lowest BCUT2D eigenvalue weighted by molar-refractivity contribution is 0.311. The fraction of sp³-hybridized carbons (Fsp3) is 0.462. The predicted octanol–water partition coefficient (Wildman–Crippen LogP) is 1.53. The first-order valence-corrected chi connectivity index (χ1v) is 8.22. The Morgan fingerprint density at radius 1 is 1.35 bits per heavy atom. The van der Waals surface area contributed by atoms with E-state index in [4.69, 9.17) is 27.4 Å². The van der Waals surface area contributed by atoms with Gasteiger partial charge in [0.25, 0.3) is 0 Å². The molecule has 0 heterocycles. The monoisotopic (exact) mass is 317 g/mol. The lowest BCUT2D eigenvalue weighted by Gasteiger charge is -2.13. The highest BCUT2D eigenvalue weighted by Gasteiger charge is 2.16. The van der Waals surface area contributed by atoms with E-state index in [1.54, 1.807) is 32.0 Å². The molecule has 0 atom stereocenters. The summed E-state index contributed by atoms with van der Waals surface area (Å²) in [5.41, 5.74) is 6.20. The quantitative estimate of drug-likeness (QED) is 0.768. The Kier molecular flexibility index (Phi) is 5.76. The lowest BCUT2D eigenvalue weighted by atomic mass is 10.2. The summed E-state index contributed by atoms with van der Waals surface area (Å²) in [6.45, 7) is 3.36. The SMILES string of the molecule is COc1cc(C(N)=S)ccc1OCCS(=O)(=O)C(C)C. The number of sulfone groups is 1. The Balaban J connectivity index is 2.76. The van der Waals surface area contributed by atoms with E-state index in [1.807, 2.05) is 0 Å². The van der Waals surface area contributed by atoms with Crippen LogP contribution >= 0.6 is 12.2 Å². The Morgan fingerprint density at radius 3 is 2.50 bits per heavy atom. The van der Waals surface area contributed by atoms with Gasteiger partial charge in [0.15, 0.2) is 21.3 Å². The normalized spacial score (nSPS) is 11.4. The largest absolute Gasteiger partial charge is 0.493 e. The van der Waals surface area contributed by atoms with Crippen molar-refractivity contribution in [1.82, 2.24) is 0 Å². The Labute approximate surface area is 125 Å². The van der Waals surface area contributed by atoms with E-state index in [0.717, 1.165) is 0 Å². The van der Waals surface area contributed by atoms with Crippen molar-refractivity contribution in [1.29, 1.82) is 0 Å². The van der Waals surface area contributed by atoms with Gasteiger partial charge in [-0.2, -0.15) is 0 Å². The van der Waals surface area contributed by atoms with E-state index in [0.29, 0.717) is 17.1 Å². The Hall–Kier alpha value is -1.34. The van der Waals surface area contributed by atoms with E-state index in [1.165, 1.54) is 7.11 Å². The van der Waals surface area contributed by atoms with Gasteiger partial charge in [0.05, 0.1) is 18.1 Å². The van der Waals surface area contributed by atoms with Gasteiger partial charge in [-0.15, -0.1) is 0 Å². The van der Waals surface area contributed by atoms with Gasteiger partial charge in [0.1, 0.15) is 11.6 Å². The van der Waals surface area contributed by atoms with Crippen LogP contribution in [-0.4, -0.2) is 38.1 Å². The molecule has 0 saturated heterocycles. The van der Waals surface area contributed by atoms with E-state index < -0.39 is 15.1 Å². The molecule has 5 nitrogen and oxygen atoms in total. The van der Waals surface area contributed by atoms with Crippen molar-refractivity contribution in [3.05, 3.63) is 23.8 Å². The highest BCUT2D eigenvalue weighted by molar-refractivity contribution is 7.92. The van der Waals surface area contributed by atoms with Crippen LogP contribution in [0.25, 0.3) is 0 Å². The molecule has 0 unspecified atom stereocenters. The first-order valence-electron chi connectivity index (χ1n) is 6.10. The van der Waals surface area contributed by atoms with Crippen molar-refractivity contribution in [2.24, 2.45) is 5.73 Å². The van der Waals surface area contributed by atoms with Crippen LogP contribution in [0.5, 0.6) is 11.5 Å². The van der Waals surface area contributed by atoms with Crippen LogP contribution in [0.2, 0.25) is 0 Å². The minimum atomic E-state index is -3.12. The van der Waals surface area contributed by atoms with Gasteiger partial charge in [-0.25, -0.2) is 8.42 Å². The summed E-state index contributed by atoms with van der Waals surface area (Å²) in [5, 5.41) is -0.412. The molecule has 2 N–H and O–H groups in total. The van der Waals surface area contributed by atoms with Crippen LogP contribution in [0, 0.1) is 0 Å². The van der Waals surface area contributed by atoms with E-state index in [9.17, 15) is 8.42 Å². The van der Waals surface area contributed by atoms with Crippen molar-refractivity contribution < 1.29 is 17.9 Å². The third-order valence-electron chi connectivity index (χ3n) is 2.79. The summed E-state index contributed by atoms with van der Waals surface area (Å²) in [5.74, 6) is 0.897. The maximum atomic E-state index is 11.7. The standard InChI is InChI=1S/C13H19NO4S2/c1-9(2)20(15,16)7-6-18-11-5-4-10(13(14)19)8-12(11)17-3/h4-5,8-9H,6-7H2,1-3H3,(H2,14,19). The molecule has 1 aromatic carbocycles. The van der Waals surface area contributed by atoms with Crippen molar-refractivity contribution in [3.8, 4) is 11.5 Å². The predicted molar refractivity (Wildman–Crippen MR) is 83.3 cm³/mol. The van der Waals surface area contributed by atoms with Crippen LogP contribution in [0.3, 0.4) is 0 Å². The molecule has 7 heteroatoms. The van der Waals surface area contributed by atoms with Crippen LogP contribution in [0.1, 0.15) is 19.4 Å². The van der Waals surface area contributed by atoms with Crippen molar-refractivity contribution >= 4 is 27.0 Å². The first-order chi connectivity index (χ1) is 9.27. The number of rotatable bonds is 7. The van der Waals surface area contributed by atoms with Crippen LogP contribution in [0.4, 0.5) is 0 Å². The lowest BCUT2D eigenvalue weighted by Crippen LogP contribution is -2.22. The van der Waals surface area contributed by atoms with Gasteiger partial charge in [-0.05, 0) is 32.0 Å². The second-order valence-electron chi connectivity index (χ2n) is 4.49. The highest BCUT2D eigenvalue weighted by atomic mass is 32.2. The van der Waals surface area contributed by atoms with Crippen molar-refractivity contribution in [2.45, 2.75) is 19.1 Å². The van der Waals surface area contributed by atoms with Gasteiger partial charge < -0.3 is 15.2 Å². The molecule has 0 aliphatic carbocycles. The number of ether oxygens (including phenoxy) is 2. The second-order valence-corrected chi connectivity index (χ2v) is 7.61. The maximum absolute atomic E-state index is 11.7. The number of nitrogens with two attached hydrogens (primary N) is 1. The Morgan fingerprint density at radius 2 is 2.00 bits per heavy atom. The zero-order chi connectivity index (χ0) is 15.3. The fourth-order valence-electron chi connectivity index (χ4n) is 1.44. The van der Waals surface area contributed by atoms with Crippen LogP contribution < -0.4 is 15.2 Å². The number of thiocarbonyl (C=S) groups is 1. The van der Waals surface area contributed by atoms with Crippen LogP contribution in [-0.2, 0) is 9.84 Å². The fourth-order valence-corrected chi connectivity index (χ4v) is 2.36. The number of hydrogen-bond acceptors (Lipinski definition) is 5. The van der Waals surface area contributed by atoms with Crippen molar-refractivity contribution in [2.75, 3.05) is 19.5 Å². The molecular weight excluding hydrogens is 298 g/mol. The van der Waals surface area contributed by atoms with E-state index in [-0.39, 0.29) is 17.3 Å². The molecule has 0 bridgehead atoms. The smallest absolute Gasteiger partial charge is 0.161 e. The van der Waals surface area contributed by atoms with Gasteiger partial charge >= 0.3 is 0 Å². The van der Waals surface area contributed by atoms with Crippen LogP contribution in [0.15, 0.2) is 18.2 Å². The zero-order valence-corrected chi connectivity index (χ0v) is 13.4. The molecule has 1 aromatic rings. The molecule has 0 aliphatic heterocycles. The highest BCUT2D eigenvalue weighted by Crippen LogP contribution is 2.28. The molecule has 0 radical (unpaired) electrons. The van der Waals surface area contributed by atoms with Crippen molar-refractivity contribution in [3.63, 3.8) is 0 Å². The van der Waals surface area contributed by atoms with E-state index in [2.05, 4.69) is 0 Å². The molecule has 0 saturated carbocycles. The average molecular weight is 317 g/mol. The van der Waals surface area contributed by atoms with Gasteiger partial charge in [0, 0.05) is 5.56 Å². The number of methoxy groups -OCH3 is 1. The van der Waals surface area contributed by atoms with Gasteiger partial charge in [-0.1, -0.05) is 12.2 Å². The molecule has 0 aliphatic rings. The summed E-state index contributed by atoms with van der Waals surface area (Å²) in [7, 11) is -1.62. The molecule has 20 heavy (non-hydrogen) atoms. The third kappa shape index (κ3) is 4.35. The second kappa shape index (κ2) is 6.90. The molecule has 112 valence electrons. The van der Waals surface area contributed by atoms with E-state index >= 15 is 0 Å². The average Bonchev–Trinajstić information content (AvgIpc) is 2.38. The topological polar surface area (TPSA) is 78.6 Å². The van der Waals surface area contributed by atoms with Gasteiger partial charge in [0.2, 0.25) is 0 Å². The first kappa shape index (κ1) is 16.7. The minimum absolute atomic E-state index is 0.0368. The van der Waals surface area contributed by atoms with Gasteiger partial charge in [-0.3, -0.25) is 0 Å². The molecule has 0 fully saturated rings. The minimum Gasteiger partial charge on any atom is -0.493 e. The Bertz CT molecular complexity index is 582. The molecule has 0 amide bonds. The summed E-state index contributed by atoms with van der Waals surface area (Å²) < 4.78 is 34.0. The molecular formula is C13H19NO4S2. The summed E-state index contributed by atoms with van der Waals surface area (Å²) in [6.07, 6.45) is 0. The number of benzene rings is 1. The summed E-state index contributed by atoms with van der Waals surface area (Å²) in [4.78, 5) is 0.261. The summed E-state index contributed by atoms with van der Waals surface area (Å²) >= 11 is 4.88. The molecule has 0 aromatic heterocycles. The molecule has 1 rings (SSSR count). The molecule has 0 spiro atoms. The number of hydrogen-bond donors (Lipinski definition) is 1. The summed E-state index contributed by atoms with van der Waals surface area (Å²) in [6, 6.07) is 5.03. The maximum Gasteiger partial charge on any atom is 0.161 e. The zero-order valence-electron chi connectivity index (χ0n) is 11.8. The third-order valence-corrected chi connectivity index (χ3v) is 5.20.